The standard InChI is InChI=1S/C25H28F2N4O4S/c1-16-10-18(31-36(32)8-2-3-9-36)12-20-24(16)25(29-15-28-20)30-19-5-4-17(27)11-21(19)35-23-14-33-13-22(23)34-7-6-26/h4-5,10-12,15,22-23H,2-3,6-9,13-14H2,1H3,(H,28,29,30)/t22?,23-/m0/s1. The second-order valence-electron chi connectivity index (χ2n) is 8.92. The Morgan fingerprint density at radius 3 is 2.78 bits per heavy atom. The molecular formula is C25H28F2N4O4S. The topological polar surface area (TPSA) is 94.9 Å². The van der Waals surface area contributed by atoms with Gasteiger partial charge in [-0.15, -0.1) is 0 Å². The number of hydrogen-bond donors (Lipinski definition) is 1. The van der Waals surface area contributed by atoms with Gasteiger partial charge in [0.1, 0.15) is 36.5 Å². The average Bonchev–Trinajstić information content (AvgIpc) is 3.48. The summed E-state index contributed by atoms with van der Waals surface area (Å²) in [5.74, 6) is 1.55. The van der Waals surface area contributed by atoms with Gasteiger partial charge in [-0.2, -0.15) is 4.36 Å². The minimum atomic E-state index is -2.21. The van der Waals surface area contributed by atoms with Gasteiger partial charge < -0.3 is 19.5 Å². The molecule has 1 aromatic heterocycles. The quantitative estimate of drug-likeness (QED) is 0.456. The van der Waals surface area contributed by atoms with E-state index in [2.05, 4.69) is 19.6 Å². The highest BCUT2D eigenvalue weighted by molar-refractivity contribution is 7.93. The van der Waals surface area contributed by atoms with E-state index < -0.39 is 34.4 Å². The molecule has 2 saturated heterocycles. The molecular weight excluding hydrogens is 490 g/mol. The molecule has 1 unspecified atom stereocenters. The maximum atomic E-state index is 14.1. The van der Waals surface area contributed by atoms with Crippen LogP contribution in [0.15, 0.2) is 41.0 Å². The largest absolute Gasteiger partial charge is 0.483 e. The van der Waals surface area contributed by atoms with E-state index in [0.717, 1.165) is 23.8 Å². The van der Waals surface area contributed by atoms with Gasteiger partial charge in [0.05, 0.1) is 46.4 Å². The van der Waals surface area contributed by atoms with Crippen LogP contribution in [0.1, 0.15) is 18.4 Å². The van der Waals surface area contributed by atoms with E-state index in [1.54, 1.807) is 6.07 Å². The first-order valence-corrected chi connectivity index (χ1v) is 13.8. The molecule has 0 saturated carbocycles. The molecule has 11 heteroatoms. The van der Waals surface area contributed by atoms with Crippen LogP contribution in [-0.2, 0) is 19.2 Å². The number of ether oxygens (including phenoxy) is 3. The van der Waals surface area contributed by atoms with Crippen LogP contribution in [0.5, 0.6) is 5.75 Å². The monoisotopic (exact) mass is 518 g/mol. The number of rotatable bonds is 8. The van der Waals surface area contributed by atoms with E-state index in [1.165, 1.54) is 18.5 Å². The van der Waals surface area contributed by atoms with Crippen molar-refractivity contribution in [2.24, 2.45) is 4.36 Å². The predicted octanol–water partition coefficient (Wildman–Crippen LogP) is 4.85. The van der Waals surface area contributed by atoms with Crippen molar-refractivity contribution in [3.05, 3.63) is 48.0 Å². The molecule has 5 rings (SSSR count). The number of alkyl halides is 1. The van der Waals surface area contributed by atoms with Crippen LogP contribution in [-0.4, -0.2) is 64.4 Å². The molecule has 2 fully saturated rings. The van der Waals surface area contributed by atoms with Gasteiger partial charge in [0.2, 0.25) is 0 Å². The summed E-state index contributed by atoms with van der Waals surface area (Å²) in [7, 11) is -2.21. The van der Waals surface area contributed by atoms with Crippen molar-refractivity contribution in [3.63, 3.8) is 0 Å². The lowest BCUT2D eigenvalue weighted by Gasteiger charge is -2.21. The molecule has 2 aromatic carbocycles. The summed E-state index contributed by atoms with van der Waals surface area (Å²) in [5.41, 5.74) is 2.65. The van der Waals surface area contributed by atoms with Crippen LogP contribution in [0.2, 0.25) is 0 Å². The van der Waals surface area contributed by atoms with Crippen LogP contribution in [0.3, 0.4) is 0 Å². The Bertz CT molecular complexity index is 1370. The van der Waals surface area contributed by atoms with Crippen molar-refractivity contribution < 1.29 is 27.2 Å². The average molecular weight is 519 g/mol. The van der Waals surface area contributed by atoms with E-state index in [4.69, 9.17) is 14.2 Å². The summed E-state index contributed by atoms with van der Waals surface area (Å²) in [6, 6.07) is 7.86. The molecule has 2 aliphatic heterocycles. The fourth-order valence-corrected chi connectivity index (χ4v) is 6.71. The highest BCUT2D eigenvalue weighted by Gasteiger charge is 2.31. The lowest BCUT2D eigenvalue weighted by molar-refractivity contribution is -0.00524. The molecule has 2 aliphatic rings. The van der Waals surface area contributed by atoms with Crippen LogP contribution < -0.4 is 10.1 Å². The van der Waals surface area contributed by atoms with Gasteiger partial charge in [-0.25, -0.2) is 23.0 Å². The number of anilines is 2. The van der Waals surface area contributed by atoms with Gasteiger partial charge in [0, 0.05) is 23.0 Å². The maximum Gasteiger partial charge on any atom is 0.150 e. The predicted molar refractivity (Wildman–Crippen MR) is 134 cm³/mol. The molecule has 0 aliphatic carbocycles. The third kappa shape index (κ3) is 5.42. The van der Waals surface area contributed by atoms with Crippen LogP contribution >= 0.6 is 0 Å². The lowest BCUT2D eigenvalue weighted by Crippen LogP contribution is -2.33. The molecule has 0 spiro atoms. The molecule has 3 heterocycles. The summed E-state index contributed by atoms with van der Waals surface area (Å²) < 4.78 is 61.1. The maximum absolute atomic E-state index is 14.1. The summed E-state index contributed by atoms with van der Waals surface area (Å²) in [5, 5.41) is 4.01. The summed E-state index contributed by atoms with van der Waals surface area (Å²) in [6.07, 6.45) is 2.34. The summed E-state index contributed by atoms with van der Waals surface area (Å²) in [4.78, 5) is 8.81. The molecule has 0 amide bonds. The van der Waals surface area contributed by atoms with Gasteiger partial charge in [-0.3, -0.25) is 0 Å². The number of hydrogen-bond acceptors (Lipinski definition) is 8. The number of benzene rings is 2. The molecule has 36 heavy (non-hydrogen) atoms. The van der Waals surface area contributed by atoms with Gasteiger partial charge in [0.25, 0.3) is 0 Å². The Balaban J connectivity index is 1.45. The van der Waals surface area contributed by atoms with Crippen LogP contribution in [0, 0.1) is 12.7 Å². The Morgan fingerprint density at radius 2 is 1.97 bits per heavy atom. The van der Waals surface area contributed by atoms with Crippen molar-refractivity contribution in [3.8, 4) is 5.75 Å². The molecule has 0 radical (unpaired) electrons. The highest BCUT2D eigenvalue weighted by atomic mass is 32.2. The van der Waals surface area contributed by atoms with Crippen molar-refractivity contribution in [1.82, 2.24) is 9.97 Å². The highest BCUT2D eigenvalue weighted by Crippen LogP contribution is 2.35. The van der Waals surface area contributed by atoms with Gasteiger partial charge in [-0.1, -0.05) is 0 Å². The molecule has 2 atom stereocenters. The Kier molecular flexibility index (Phi) is 7.31. The number of aromatic nitrogens is 2. The zero-order valence-corrected chi connectivity index (χ0v) is 20.7. The van der Waals surface area contributed by atoms with Crippen molar-refractivity contribution in [1.29, 1.82) is 0 Å². The van der Waals surface area contributed by atoms with Gasteiger partial charge in [0.15, 0.2) is 6.10 Å². The van der Waals surface area contributed by atoms with E-state index in [0.29, 0.717) is 34.2 Å². The zero-order valence-electron chi connectivity index (χ0n) is 19.9. The van der Waals surface area contributed by atoms with Crippen molar-refractivity contribution in [2.75, 3.05) is 43.3 Å². The smallest absolute Gasteiger partial charge is 0.150 e. The van der Waals surface area contributed by atoms with Crippen molar-refractivity contribution in [2.45, 2.75) is 32.0 Å². The third-order valence-corrected chi connectivity index (χ3v) is 8.63. The van der Waals surface area contributed by atoms with Crippen LogP contribution in [0.25, 0.3) is 10.9 Å². The minimum absolute atomic E-state index is 0.0580. The fourth-order valence-electron chi connectivity index (χ4n) is 4.53. The second-order valence-corrected chi connectivity index (χ2v) is 11.5. The second kappa shape index (κ2) is 10.6. The molecule has 1 N–H and O–H groups in total. The first kappa shape index (κ1) is 24.8. The van der Waals surface area contributed by atoms with Gasteiger partial charge in [-0.05, 0) is 49.6 Å². The Labute approximate surface area is 208 Å². The number of nitrogens with zero attached hydrogens (tertiary/aromatic N) is 3. The zero-order chi connectivity index (χ0) is 25.1. The van der Waals surface area contributed by atoms with Crippen LogP contribution in [0.4, 0.5) is 26.0 Å². The normalized spacial score (nSPS) is 21.1. The Morgan fingerprint density at radius 1 is 1.17 bits per heavy atom. The summed E-state index contributed by atoms with van der Waals surface area (Å²) >= 11 is 0. The molecule has 0 bridgehead atoms. The minimum Gasteiger partial charge on any atom is -0.483 e. The number of nitrogens with one attached hydrogen (secondary N) is 1. The van der Waals surface area contributed by atoms with E-state index in [-0.39, 0.29) is 25.6 Å². The number of fused-ring (bicyclic) bond motifs is 1. The third-order valence-electron chi connectivity index (χ3n) is 6.23. The summed E-state index contributed by atoms with van der Waals surface area (Å²) in [6.45, 7) is 1.78. The first-order valence-electron chi connectivity index (χ1n) is 11.9. The van der Waals surface area contributed by atoms with Gasteiger partial charge >= 0.3 is 0 Å². The molecule has 192 valence electrons. The van der Waals surface area contributed by atoms with Crippen molar-refractivity contribution >= 4 is 37.8 Å². The van der Waals surface area contributed by atoms with E-state index in [9.17, 15) is 13.0 Å². The number of aryl methyl sites for hydroxylation is 1. The van der Waals surface area contributed by atoms with E-state index in [1.807, 2.05) is 19.1 Å². The van der Waals surface area contributed by atoms with E-state index >= 15 is 0 Å². The number of halogens is 2. The first-order chi connectivity index (χ1) is 17.4. The lowest BCUT2D eigenvalue weighted by atomic mass is 10.1. The molecule has 3 aromatic rings. The molecule has 8 nitrogen and oxygen atoms in total. The SMILES string of the molecule is Cc1cc(N=S2(=O)CCCC2)cc2ncnc(Nc3ccc(F)cc3O[C@H]3COCC3OCCF)c12. The fraction of sp³-hybridized carbons (Fsp3) is 0.440. The Hall–Kier alpha value is -2.89.